The molecule has 6 fully saturated rings. The number of benzene rings is 2. The summed E-state index contributed by atoms with van der Waals surface area (Å²) < 4.78 is 21.2. The Kier molecular flexibility index (Phi) is 23.6. The average molecular weight is 1170 g/mol. The number of ketones is 4. The van der Waals surface area contributed by atoms with E-state index in [0.717, 1.165) is 51.4 Å². The SMILES string of the molecule is COc1ccc([C@@H](O)[C@H](CC(=O)[C@@H](C)NC(=O)C2CCC(O)CC2)C(=O)N[C@@H](CC2CCCC2)C(=O)[C@@]2(C)CO2)cc1.COc1ccc([C@@H](O)[C@H](CC(=O)[C@@H](C)NC(=O)C2CCC(O)CC2)C(=O)N[C@@H](CC2CCCC2)C(=O)[C@@]2(C)CO2)cc1. The van der Waals surface area contributed by atoms with Gasteiger partial charge in [0.15, 0.2) is 23.1 Å². The minimum atomic E-state index is -1.34. The summed E-state index contributed by atoms with van der Waals surface area (Å²) in [6.07, 6.45) is 9.54. The summed E-state index contributed by atoms with van der Waals surface area (Å²) in [5.41, 5.74) is -0.996. The van der Waals surface area contributed by atoms with Crippen LogP contribution in [0.3, 0.4) is 0 Å². The largest absolute Gasteiger partial charge is 0.497 e. The number of carbonyl (C=O) groups is 8. The predicted octanol–water partition coefficient (Wildman–Crippen LogP) is 5.57. The predicted molar refractivity (Wildman–Crippen MR) is 309 cm³/mol. The summed E-state index contributed by atoms with van der Waals surface area (Å²) >= 11 is 0. The Labute approximate surface area is 494 Å². The minimum Gasteiger partial charge on any atom is -0.497 e. The molecule has 0 radical (unpaired) electrons. The van der Waals surface area contributed by atoms with E-state index >= 15 is 0 Å². The Morgan fingerprint density at radius 1 is 0.512 bits per heavy atom. The van der Waals surface area contributed by atoms with Crippen LogP contribution in [0.5, 0.6) is 11.5 Å². The normalized spacial score (nSPS) is 26.9. The lowest BCUT2D eigenvalue weighted by atomic mass is 9.86. The maximum absolute atomic E-state index is 13.8. The Balaban J connectivity index is 0.000000241. The first-order valence-corrected chi connectivity index (χ1v) is 30.6. The first kappa shape index (κ1) is 65.9. The molecule has 0 spiro atoms. The molecule has 0 bridgehead atoms. The van der Waals surface area contributed by atoms with Crippen molar-refractivity contribution < 1.29 is 77.7 Å². The van der Waals surface area contributed by atoms with Crippen molar-refractivity contribution in [2.45, 2.75) is 216 Å². The summed E-state index contributed by atoms with van der Waals surface area (Å²) in [6, 6.07) is 9.88. The third-order valence-corrected chi connectivity index (χ3v) is 18.6. The molecule has 0 unspecified atom stereocenters. The van der Waals surface area contributed by atoms with Crippen molar-refractivity contribution in [2.75, 3.05) is 27.4 Å². The fourth-order valence-corrected chi connectivity index (χ4v) is 12.5. The summed E-state index contributed by atoms with van der Waals surface area (Å²) in [6.45, 7) is 7.18. The lowest BCUT2D eigenvalue weighted by Gasteiger charge is -2.28. The summed E-state index contributed by atoms with van der Waals surface area (Å²) in [7, 11) is 3.05. The van der Waals surface area contributed by atoms with Crippen molar-refractivity contribution in [3.05, 3.63) is 59.7 Å². The maximum atomic E-state index is 13.8. The van der Waals surface area contributed by atoms with Crippen molar-refractivity contribution in [1.82, 2.24) is 21.3 Å². The first-order chi connectivity index (χ1) is 40.0. The number of epoxide rings is 2. The zero-order valence-electron chi connectivity index (χ0n) is 49.9. The summed E-state index contributed by atoms with van der Waals surface area (Å²) in [4.78, 5) is 107. The number of ether oxygens (including phenoxy) is 4. The third-order valence-electron chi connectivity index (χ3n) is 18.6. The number of hydrogen-bond acceptors (Lipinski definition) is 16. The van der Waals surface area contributed by atoms with E-state index in [-0.39, 0.29) is 48.1 Å². The van der Waals surface area contributed by atoms with E-state index in [9.17, 15) is 58.8 Å². The van der Waals surface area contributed by atoms with Crippen molar-refractivity contribution in [2.24, 2.45) is 35.5 Å². The number of nitrogens with one attached hydrogen (secondary N) is 4. The van der Waals surface area contributed by atoms with E-state index in [1.165, 1.54) is 14.2 Å². The molecule has 20 heteroatoms. The van der Waals surface area contributed by atoms with Gasteiger partial charge in [-0.25, -0.2) is 0 Å². The van der Waals surface area contributed by atoms with Crippen LogP contribution in [0.2, 0.25) is 0 Å². The van der Waals surface area contributed by atoms with Crippen LogP contribution in [0, 0.1) is 35.5 Å². The van der Waals surface area contributed by atoms with Gasteiger partial charge in [0, 0.05) is 24.7 Å². The molecule has 2 aromatic carbocycles. The zero-order valence-corrected chi connectivity index (χ0v) is 49.9. The second-order valence-corrected chi connectivity index (χ2v) is 25.1. The third kappa shape index (κ3) is 18.2. The van der Waals surface area contributed by atoms with E-state index < -0.39 is 95.0 Å². The molecule has 6 aliphatic rings. The van der Waals surface area contributed by atoms with Gasteiger partial charge in [0.25, 0.3) is 0 Å². The highest BCUT2D eigenvalue weighted by Crippen LogP contribution is 2.37. The minimum absolute atomic E-state index is 0.190. The van der Waals surface area contributed by atoms with Crippen LogP contribution in [0.15, 0.2) is 48.5 Å². The zero-order chi connectivity index (χ0) is 60.9. The average Bonchev–Trinajstić information content (AvgIpc) is 2.90. The second kappa shape index (κ2) is 30.1. The smallest absolute Gasteiger partial charge is 0.227 e. The molecule has 4 aliphatic carbocycles. The Morgan fingerprint density at radius 3 is 1.11 bits per heavy atom. The molecular formula is C64H92N4O16. The molecule has 4 saturated carbocycles. The molecule has 2 aliphatic heterocycles. The van der Waals surface area contributed by atoms with Crippen LogP contribution in [0.1, 0.15) is 179 Å². The van der Waals surface area contributed by atoms with Crippen LogP contribution in [-0.4, -0.2) is 142 Å². The molecule has 0 aromatic heterocycles. The lowest BCUT2D eigenvalue weighted by Crippen LogP contribution is -2.50. The number of aliphatic hydroxyl groups excluding tert-OH is 4. The van der Waals surface area contributed by atoms with E-state index in [0.29, 0.717) is 112 Å². The number of methoxy groups -OCH3 is 2. The fraction of sp³-hybridized carbons (Fsp3) is 0.688. The number of hydrogen-bond donors (Lipinski definition) is 8. The Morgan fingerprint density at radius 2 is 0.821 bits per heavy atom. The lowest BCUT2D eigenvalue weighted by molar-refractivity contribution is -0.138. The van der Waals surface area contributed by atoms with Crippen LogP contribution in [-0.2, 0) is 47.8 Å². The summed E-state index contributed by atoms with van der Waals surface area (Å²) in [5, 5.41) is 53.6. The highest BCUT2D eigenvalue weighted by molar-refractivity contribution is 5.99. The quantitative estimate of drug-likeness (QED) is 0.0483. The highest BCUT2D eigenvalue weighted by Gasteiger charge is 2.52. The molecule has 8 N–H and O–H groups in total. The molecule has 8 rings (SSSR count). The molecule has 10 atom stereocenters. The van der Waals surface area contributed by atoms with Crippen LogP contribution < -0.4 is 30.7 Å². The van der Waals surface area contributed by atoms with Gasteiger partial charge >= 0.3 is 0 Å². The van der Waals surface area contributed by atoms with Gasteiger partial charge in [-0.15, -0.1) is 0 Å². The van der Waals surface area contributed by atoms with Gasteiger partial charge in [0.1, 0.15) is 22.7 Å². The van der Waals surface area contributed by atoms with E-state index in [1.807, 2.05) is 0 Å². The first-order valence-electron chi connectivity index (χ1n) is 30.6. The monoisotopic (exact) mass is 1170 g/mol. The van der Waals surface area contributed by atoms with Crippen LogP contribution >= 0.6 is 0 Å². The van der Waals surface area contributed by atoms with Crippen molar-refractivity contribution in [3.63, 3.8) is 0 Å². The van der Waals surface area contributed by atoms with Gasteiger partial charge in [-0.2, -0.15) is 0 Å². The molecular weight excluding hydrogens is 1080 g/mol. The van der Waals surface area contributed by atoms with Crippen molar-refractivity contribution in [3.8, 4) is 11.5 Å². The van der Waals surface area contributed by atoms with Crippen LogP contribution in [0.25, 0.3) is 0 Å². The fourth-order valence-electron chi connectivity index (χ4n) is 12.5. The number of carbonyl (C=O) groups excluding carboxylic acids is 8. The Bertz CT molecular complexity index is 2380. The van der Waals surface area contributed by atoms with Gasteiger partial charge in [0.05, 0.1) is 87.9 Å². The van der Waals surface area contributed by atoms with Crippen molar-refractivity contribution >= 4 is 46.8 Å². The Hall–Kier alpha value is -5.64. The molecule has 4 amide bonds. The molecule has 84 heavy (non-hydrogen) atoms. The number of amides is 4. The second-order valence-electron chi connectivity index (χ2n) is 25.1. The molecule has 2 saturated heterocycles. The molecule has 464 valence electrons. The number of Topliss-reactive ketones (excluding diaryl/α,β-unsaturated/α-hetero) is 4. The van der Waals surface area contributed by atoms with E-state index in [2.05, 4.69) is 21.3 Å². The number of rotatable bonds is 28. The van der Waals surface area contributed by atoms with Gasteiger partial charge in [0.2, 0.25) is 23.6 Å². The van der Waals surface area contributed by atoms with Gasteiger partial charge in [-0.05, 0) is 139 Å². The highest BCUT2D eigenvalue weighted by atomic mass is 16.6. The number of aliphatic hydroxyl groups is 4. The maximum Gasteiger partial charge on any atom is 0.227 e. The van der Waals surface area contributed by atoms with Gasteiger partial charge in [-0.1, -0.05) is 75.6 Å². The van der Waals surface area contributed by atoms with Gasteiger partial charge < -0.3 is 60.6 Å². The molecule has 2 aromatic rings. The summed E-state index contributed by atoms with van der Waals surface area (Å²) in [5.74, 6) is -4.03. The standard InChI is InChI=1S/2C32H46N2O8/c2*1-19(33-30(39)22-8-12-23(35)13-9-22)27(36)17-25(28(37)21-10-14-24(41-3)15-11-21)31(40)34-26(16-20-6-4-5-7-20)29(38)32(2)18-42-32/h2*10-11,14-15,19-20,22-23,25-26,28,35,37H,4-9,12-13,16-18H2,1-3H3,(H,33,39)(H,34,40)/t2*19-,22?,23?,25+,26+,28-,32-/m11/s1. The molecule has 20 nitrogen and oxygen atoms in total. The van der Waals surface area contributed by atoms with Crippen molar-refractivity contribution in [1.29, 1.82) is 0 Å². The molecule has 2 heterocycles. The van der Waals surface area contributed by atoms with E-state index in [1.54, 1.807) is 76.2 Å². The topological polar surface area (TPSA) is 309 Å². The van der Waals surface area contributed by atoms with E-state index in [4.69, 9.17) is 18.9 Å². The van der Waals surface area contributed by atoms with Gasteiger partial charge in [-0.3, -0.25) is 38.4 Å². The van der Waals surface area contributed by atoms with Crippen LogP contribution in [0.4, 0.5) is 0 Å².